The van der Waals surface area contributed by atoms with Gasteiger partial charge in [-0.2, -0.15) is 0 Å². The van der Waals surface area contributed by atoms with Crippen LogP contribution in [0.4, 0.5) is 0 Å². The molecule has 0 radical (unpaired) electrons. The van der Waals surface area contributed by atoms with Crippen molar-refractivity contribution in [2.45, 2.75) is 147 Å². The molecule has 4 aliphatic carbocycles. The maximum atomic E-state index is 5.16. The van der Waals surface area contributed by atoms with Crippen molar-refractivity contribution in [2.75, 3.05) is 0 Å². The van der Waals surface area contributed by atoms with Gasteiger partial charge in [0.15, 0.2) is 0 Å². The van der Waals surface area contributed by atoms with E-state index in [2.05, 4.69) is 65.2 Å². The minimum absolute atomic E-state index is 0.705. The predicted molar refractivity (Wildman–Crippen MR) is 164 cm³/mol. The van der Waals surface area contributed by atoms with Gasteiger partial charge in [-0.25, -0.2) is 0 Å². The van der Waals surface area contributed by atoms with Crippen molar-refractivity contribution < 1.29 is 0 Å². The number of rotatable bonds is 4. The molecule has 12 unspecified atom stereocenters. The van der Waals surface area contributed by atoms with Crippen LogP contribution in [0.3, 0.4) is 0 Å². The number of piperidine rings is 1. The molecule has 0 aromatic carbocycles. The van der Waals surface area contributed by atoms with Crippen LogP contribution in [0, 0.1) is 55.3 Å². The minimum atomic E-state index is -1.41. The van der Waals surface area contributed by atoms with Crippen molar-refractivity contribution in [1.29, 1.82) is 0 Å². The first-order valence-electron chi connectivity index (χ1n) is 16.9. The Morgan fingerprint density at radius 1 is 0.737 bits per heavy atom. The smallest absolute Gasteiger partial charge is 0.0544 e. The molecule has 212 valence electrons. The van der Waals surface area contributed by atoms with Gasteiger partial charge in [0.25, 0.3) is 0 Å². The Bertz CT molecular complexity index is 988. The first-order valence-corrected chi connectivity index (χ1v) is 20.0. The number of aromatic nitrogens is 1. The zero-order valence-corrected chi connectivity index (χ0v) is 26.8. The standard InChI is InChI=1S/C35H58N2Si/c1-21-14-17-32(36-24(21)4)27-10-8-12-29-26(27)16-19-34(29)38(6,7)35-23(3)20-31-28(11-9-13-30(31)35)33-18-15-22(2)25(5)37-33/h14,17,22-23,25-31,33-35,37H,8-13,15-16,18-20H2,1-7H3. The molecule has 6 rings (SSSR count). The van der Waals surface area contributed by atoms with Gasteiger partial charge < -0.3 is 5.32 Å². The zero-order valence-electron chi connectivity index (χ0n) is 25.8. The Morgan fingerprint density at radius 3 is 2.24 bits per heavy atom. The Kier molecular flexibility index (Phi) is 7.69. The molecule has 1 aromatic rings. The summed E-state index contributed by atoms with van der Waals surface area (Å²) < 4.78 is 0. The predicted octanol–water partition coefficient (Wildman–Crippen LogP) is 9.29. The molecular formula is C35H58N2Si. The van der Waals surface area contributed by atoms with Crippen LogP contribution in [-0.4, -0.2) is 25.1 Å². The van der Waals surface area contributed by atoms with E-state index in [4.69, 9.17) is 4.98 Å². The van der Waals surface area contributed by atoms with Gasteiger partial charge in [0.2, 0.25) is 0 Å². The van der Waals surface area contributed by atoms with Gasteiger partial charge in [-0.1, -0.05) is 65.1 Å². The van der Waals surface area contributed by atoms with E-state index in [1.807, 2.05) is 0 Å². The molecule has 4 saturated carbocycles. The normalized spacial score (nSPS) is 45.6. The second-order valence-corrected chi connectivity index (χ2v) is 20.8. The van der Waals surface area contributed by atoms with Gasteiger partial charge in [0, 0.05) is 29.4 Å². The fourth-order valence-corrected chi connectivity index (χ4v) is 17.8. The van der Waals surface area contributed by atoms with Crippen molar-refractivity contribution in [3.8, 4) is 0 Å². The second kappa shape index (κ2) is 10.6. The highest BCUT2D eigenvalue weighted by atomic mass is 28.3. The Balaban J connectivity index is 1.21. The van der Waals surface area contributed by atoms with Gasteiger partial charge in [0.05, 0.1) is 8.07 Å². The first kappa shape index (κ1) is 27.5. The lowest BCUT2D eigenvalue weighted by Gasteiger charge is -2.49. The molecular weight excluding hydrogens is 476 g/mol. The van der Waals surface area contributed by atoms with Crippen LogP contribution in [0.25, 0.3) is 0 Å². The van der Waals surface area contributed by atoms with Crippen LogP contribution in [0.1, 0.15) is 114 Å². The maximum Gasteiger partial charge on any atom is 0.0544 e. The summed E-state index contributed by atoms with van der Waals surface area (Å²) in [7, 11) is -1.41. The van der Waals surface area contributed by atoms with E-state index in [1.165, 1.54) is 81.2 Å². The summed E-state index contributed by atoms with van der Waals surface area (Å²) >= 11 is 0. The molecule has 1 aromatic heterocycles. The highest BCUT2D eigenvalue weighted by Gasteiger charge is 2.58. The number of hydrogen-bond donors (Lipinski definition) is 1. The van der Waals surface area contributed by atoms with E-state index < -0.39 is 8.07 Å². The Hall–Kier alpha value is -0.673. The third-order valence-electron chi connectivity index (χ3n) is 13.7. The lowest BCUT2D eigenvalue weighted by molar-refractivity contribution is 0.101. The Morgan fingerprint density at radius 2 is 1.47 bits per heavy atom. The van der Waals surface area contributed by atoms with E-state index in [1.54, 1.807) is 6.42 Å². The monoisotopic (exact) mass is 534 g/mol. The number of nitrogens with zero attached hydrogens (tertiary/aromatic N) is 1. The van der Waals surface area contributed by atoms with Gasteiger partial charge in [-0.3, -0.25) is 4.98 Å². The van der Waals surface area contributed by atoms with Gasteiger partial charge in [-0.05, 0) is 123 Å². The summed E-state index contributed by atoms with van der Waals surface area (Å²) in [5.74, 6) is 7.38. The molecule has 0 spiro atoms. The van der Waals surface area contributed by atoms with Gasteiger partial charge in [0.1, 0.15) is 0 Å². The SMILES string of the molecule is Cc1ccc(C2CCCC3C2CCC3[Si](C)(C)C2C(C)CC3C(C4CCC(C)C(C)N4)CCCC32)nc1C. The largest absolute Gasteiger partial charge is 0.311 e. The third-order valence-corrected chi connectivity index (χ3v) is 19.0. The fourth-order valence-electron chi connectivity index (χ4n) is 11.7. The van der Waals surface area contributed by atoms with Gasteiger partial charge >= 0.3 is 0 Å². The molecule has 1 aliphatic heterocycles. The zero-order chi connectivity index (χ0) is 26.8. The maximum absolute atomic E-state index is 5.16. The summed E-state index contributed by atoms with van der Waals surface area (Å²) in [6.07, 6.45) is 16.3. The first-order chi connectivity index (χ1) is 18.2. The molecule has 0 bridgehead atoms. The van der Waals surface area contributed by atoms with Crippen LogP contribution >= 0.6 is 0 Å². The van der Waals surface area contributed by atoms with Crippen LogP contribution in [0.2, 0.25) is 24.2 Å². The van der Waals surface area contributed by atoms with E-state index in [0.717, 1.165) is 64.5 Å². The lowest BCUT2D eigenvalue weighted by Crippen LogP contribution is -2.52. The number of fused-ring (bicyclic) bond motifs is 2. The molecule has 2 heterocycles. The number of hydrogen-bond acceptors (Lipinski definition) is 2. The molecule has 1 N–H and O–H groups in total. The molecule has 38 heavy (non-hydrogen) atoms. The van der Waals surface area contributed by atoms with E-state index >= 15 is 0 Å². The molecule has 1 saturated heterocycles. The number of nitrogens with one attached hydrogen (secondary N) is 1. The highest BCUT2D eigenvalue weighted by Crippen LogP contribution is 2.65. The average molecular weight is 535 g/mol. The summed E-state index contributed by atoms with van der Waals surface area (Å²) in [6, 6.07) is 6.23. The summed E-state index contributed by atoms with van der Waals surface area (Å²) in [6.45, 7) is 17.8. The van der Waals surface area contributed by atoms with Crippen LogP contribution in [0.5, 0.6) is 0 Å². The van der Waals surface area contributed by atoms with E-state index in [-0.39, 0.29) is 0 Å². The number of aryl methyl sites for hydroxylation is 2. The van der Waals surface area contributed by atoms with Crippen molar-refractivity contribution in [2.24, 2.45) is 41.4 Å². The summed E-state index contributed by atoms with van der Waals surface area (Å²) in [5, 5.41) is 4.14. The third kappa shape index (κ3) is 4.68. The molecule has 0 amide bonds. The lowest BCUT2D eigenvalue weighted by atomic mass is 9.68. The summed E-state index contributed by atoms with van der Waals surface area (Å²) in [5.41, 5.74) is 6.13. The Labute approximate surface area is 236 Å². The van der Waals surface area contributed by atoms with Gasteiger partial charge in [-0.15, -0.1) is 0 Å². The molecule has 5 aliphatic rings. The second-order valence-electron chi connectivity index (χ2n) is 15.8. The fraction of sp³-hybridized carbons (Fsp3) is 0.857. The van der Waals surface area contributed by atoms with E-state index in [9.17, 15) is 0 Å². The van der Waals surface area contributed by atoms with Crippen molar-refractivity contribution in [1.82, 2.24) is 10.3 Å². The highest BCUT2D eigenvalue weighted by molar-refractivity contribution is 6.80. The van der Waals surface area contributed by atoms with Crippen LogP contribution < -0.4 is 5.32 Å². The van der Waals surface area contributed by atoms with Crippen LogP contribution in [0.15, 0.2) is 12.1 Å². The van der Waals surface area contributed by atoms with Crippen molar-refractivity contribution in [3.05, 3.63) is 29.1 Å². The van der Waals surface area contributed by atoms with E-state index in [0.29, 0.717) is 6.04 Å². The average Bonchev–Trinajstić information content (AvgIpc) is 3.48. The van der Waals surface area contributed by atoms with Crippen LogP contribution in [-0.2, 0) is 0 Å². The minimum Gasteiger partial charge on any atom is -0.311 e. The summed E-state index contributed by atoms with van der Waals surface area (Å²) in [4.78, 5) is 5.16. The molecule has 3 heteroatoms. The number of pyridine rings is 1. The molecule has 5 fully saturated rings. The quantitative estimate of drug-likeness (QED) is 0.389. The van der Waals surface area contributed by atoms with Crippen molar-refractivity contribution >= 4 is 8.07 Å². The van der Waals surface area contributed by atoms with Crippen molar-refractivity contribution in [3.63, 3.8) is 0 Å². The molecule has 2 nitrogen and oxygen atoms in total. The topological polar surface area (TPSA) is 24.9 Å². The molecule has 12 atom stereocenters.